The number of carbonyl (C=O) groups is 1. The quantitative estimate of drug-likeness (QED) is 0.737. The number of hydrogen-bond acceptors (Lipinski definition) is 1. The molecule has 1 amide bonds. The van der Waals surface area contributed by atoms with E-state index in [2.05, 4.69) is 26.0 Å². The van der Waals surface area contributed by atoms with Gasteiger partial charge in [-0.05, 0) is 31.7 Å². The monoisotopic (exact) mass is 287 g/mol. The normalized spacial score (nSPS) is 16.1. The lowest BCUT2D eigenvalue weighted by Gasteiger charge is -2.28. The van der Waals surface area contributed by atoms with E-state index >= 15 is 0 Å². The molecule has 1 aliphatic carbocycles. The van der Waals surface area contributed by atoms with Gasteiger partial charge < -0.3 is 4.90 Å². The molecule has 0 unspecified atom stereocenters. The van der Waals surface area contributed by atoms with Crippen LogP contribution in [-0.4, -0.2) is 16.8 Å². The first kappa shape index (κ1) is 16.1. The zero-order valence-corrected chi connectivity index (χ0v) is 13.6. The molecule has 2 heteroatoms. The topological polar surface area (TPSA) is 20.3 Å². The van der Waals surface area contributed by atoms with Gasteiger partial charge in [-0.3, -0.25) is 4.79 Å². The molecule has 2 rings (SSSR count). The number of rotatable bonds is 6. The van der Waals surface area contributed by atoms with Crippen LogP contribution in [0.5, 0.6) is 0 Å². The molecule has 1 fully saturated rings. The standard InChI is InChI=1S/C19H29NO/c1-16(2)20(15-18-11-7-4-8-12-18)19(21)14-13-17-9-5-3-6-10-17/h4,7-8,11-12,16-17H,3,5-6,9-10,13-15H2,1-2H3. The van der Waals surface area contributed by atoms with Gasteiger partial charge in [-0.1, -0.05) is 62.4 Å². The van der Waals surface area contributed by atoms with Crippen LogP contribution in [0.3, 0.4) is 0 Å². The lowest BCUT2D eigenvalue weighted by Crippen LogP contribution is -2.36. The fourth-order valence-corrected chi connectivity index (χ4v) is 3.29. The first-order chi connectivity index (χ1) is 10.2. The maximum absolute atomic E-state index is 12.6. The van der Waals surface area contributed by atoms with E-state index in [0.717, 1.165) is 25.3 Å². The van der Waals surface area contributed by atoms with Crippen LogP contribution in [0.2, 0.25) is 0 Å². The molecule has 0 aromatic heterocycles. The van der Waals surface area contributed by atoms with Crippen LogP contribution in [0, 0.1) is 5.92 Å². The minimum absolute atomic E-state index is 0.268. The highest BCUT2D eigenvalue weighted by molar-refractivity contribution is 5.76. The fourth-order valence-electron chi connectivity index (χ4n) is 3.29. The Morgan fingerprint density at radius 2 is 1.81 bits per heavy atom. The minimum atomic E-state index is 0.268. The van der Waals surface area contributed by atoms with E-state index < -0.39 is 0 Å². The van der Waals surface area contributed by atoms with Gasteiger partial charge >= 0.3 is 0 Å². The second-order valence-electron chi connectivity index (χ2n) is 6.64. The Morgan fingerprint density at radius 3 is 2.43 bits per heavy atom. The van der Waals surface area contributed by atoms with Crippen molar-refractivity contribution >= 4 is 5.91 Å². The molecule has 0 heterocycles. The SMILES string of the molecule is CC(C)N(Cc1ccccc1)C(=O)CCC1CCCCC1. The highest BCUT2D eigenvalue weighted by Crippen LogP contribution is 2.27. The Labute approximate surface area is 129 Å². The highest BCUT2D eigenvalue weighted by atomic mass is 16.2. The second kappa shape index (κ2) is 8.21. The zero-order chi connectivity index (χ0) is 15.1. The van der Waals surface area contributed by atoms with E-state index in [1.165, 1.54) is 37.7 Å². The molecule has 116 valence electrons. The summed E-state index contributed by atoms with van der Waals surface area (Å²) < 4.78 is 0. The summed E-state index contributed by atoms with van der Waals surface area (Å²) in [6.07, 6.45) is 8.55. The highest BCUT2D eigenvalue weighted by Gasteiger charge is 2.20. The number of benzene rings is 1. The lowest BCUT2D eigenvalue weighted by atomic mass is 9.86. The number of carbonyl (C=O) groups excluding carboxylic acids is 1. The predicted molar refractivity (Wildman–Crippen MR) is 87.9 cm³/mol. The molecule has 0 N–H and O–H groups in total. The van der Waals surface area contributed by atoms with Crippen LogP contribution < -0.4 is 0 Å². The van der Waals surface area contributed by atoms with Crippen molar-refractivity contribution in [3.05, 3.63) is 35.9 Å². The predicted octanol–water partition coefficient (Wildman–Crippen LogP) is 4.78. The van der Waals surface area contributed by atoms with Gasteiger partial charge in [0.05, 0.1) is 0 Å². The summed E-state index contributed by atoms with van der Waals surface area (Å²) in [5.41, 5.74) is 1.22. The van der Waals surface area contributed by atoms with E-state index in [0.29, 0.717) is 5.91 Å². The lowest BCUT2D eigenvalue weighted by molar-refractivity contribution is -0.133. The number of nitrogens with zero attached hydrogens (tertiary/aromatic N) is 1. The van der Waals surface area contributed by atoms with E-state index in [9.17, 15) is 4.79 Å². The van der Waals surface area contributed by atoms with E-state index in [1.807, 2.05) is 23.1 Å². The Balaban J connectivity index is 1.86. The van der Waals surface area contributed by atoms with Gasteiger partial charge in [0.2, 0.25) is 5.91 Å². The van der Waals surface area contributed by atoms with Crippen molar-refractivity contribution in [3.63, 3.8) is 0 Å². The van der Waals surface area contributed by atoms with Crippen LogP contribution in [0.15, 0.2) is 30.3 Å². The maximum Gasteiger partial charge on any atom is 0.223 e. The largest absolute Gasteiger partial charge is 0.336 e. The Morgan fingerprint density at radius 1 is 1.14 bits per heavy atom. The van der Waals surface area contributed by atoms with E-state index in [4.69, 9.17) is 0 Å². The molecular formula is C19H29NO. The van der Waals surface area contributed by atoms with Crippen molar-refractivity contribution in [2.24, 2.45) is 5.92 Å². The molecule has 2 nitrogen and oxygen atoms in total. The van der Waals surface area contributed by atoms with Gasteiger partial charge in [0.15, 0.2) is 0 Å². The summed E-state index contributed by atoms with van der Waals surface area (Å²) in [5, 5.41) is 0. The minimum Gasteiger partial charge on any atom is -0.336 e. The molecule has 0 saturated heterocycles. The summed E-state index contributed by atoms with van der Waals surface area (Å²) in [5.74, 6) is 1.10. The molecule has 1 aliphatic rings. The maximum atomic E-state index is 12.6. The summed E-state index contributed by atoms with van der Waals surface area (Å²) in [6.45, 7) is 4.96. The van der Waals surface area contributed by atoms with Crippen LogP contribution in [0.1, 0.15) is 64.4 Å². The Bertz CT molecular complexity index is 420. The summed E-state index contributed by atoms with van der Waals surface area (Å²) in [7, 11) is 0. The summed E-state index contributed by atoms with van der Waals surface area (Å²) in [4.78, 5) is 14.6. The van der Waals surface area contributed by atoms with Crippen molar-refractivity contribution in [2.75, 3.05) is 0 Å². The first-order valence-corrected chi connectivity index (χ1v) is 8.50. The number of hydrogen-bond donors (Lipinski definition) is 0. The van der Waals surface area contributed by atoms with Crippen LogP contribution in [0.4, 0.5) is 0 Å². The molecular weight excluding hydrogens is 258 g/mol. The average Bonchev–Trinajstić information content (AvgIpc) is 2.52. The Hall–Kier alpha value is -1.31. The van der Waals surface area contributed by atoms with Crippen molar-refractivity contribution in [1.29, 1.82) is 0 Å². The van der Waals surface area contributed by atoms with Gasteiger partial charge in [0.25, 0.3) is 0 Å². The van der Waals surface area contributed by atoms with Gasteiger partial charge in [-0.25, -0.2) is 0 Å². The van der Waals surface area contributed by atoms with E-state index in [1.54, 1.807) is 0 Å². The van der Waals surface area contributed by atoms with Crippen LogP contribution in [0.25, 0.3) is 0 Å². The van der Waals surface area contributed by atoms with Crippen molar-refractivity contribution < 1.29 is 4.79 Å². The van der Waals surface area contributed by atoms with E-state index in [-0.39, 0.29) is 6.04 Å². The smallest absolute Gasteiger partial charge is 0.223 e. The van der Waals surface area contributed by atoms with Crippen LogP contribution >= 0.6 is 0 Å². The molecule has 1 aromatic carbocycles. The average molecular weight is 287 g/mol. The molecule has 0 radical (unpaired) electrons. The molecule has 1 aromatic rings. The zero-order valence-electron chi connectivity index (χ0n) is 13.6. The molecule has 0 aliphatic heterocycles. The van der Waals surface area contributed by atoms with Gasteiger partial charge in [0, 0.05) is 19.0 Å². The van der Waals surface area contributed by atoms with Crippen molar-refractivity contribution in [1.82, 2.24) is 4.90 Å². The van der Waals surface area contributed by atoms with Gasteiger partial charge in [0.1, 0.15) is 0 Å². The molecule has 0 bridgehead atoms. The van der Waals surface area contributed by atoms with Gasteiger partial charge in [-0.15, -0.1) is 0 Å². The third-order valence-corrected chi connectivity index (χ3v) is 4.63. The fraction of sp³-hybridized carbons (Fsp3) is 0.632. The number of amides is 1. The molecule has 1 saturated carbocycles. The first-order valence-electron chi connectivity index (χ1n) is 8.50. The second-order valence-corrected chi connectivity index (χ2v) is 6.64. The summed E-state index contributed by atoms with van der Waals surface area (Å²) >= 11 is 0. The van der Waals surface area contributed by atoms with Gasteiger partial charge in [-0.2, -0.15) is 0 Å². The Kier molecular flexibility index (Phi) is 6.28. The molecule has 0 spiro atoms. The third-order valence-electron chi connectivity index (χ3n) is 4.63. The van der Waals surface area contributed by atoms with Crippen molar-refractivity contribution in [2.45, 2.75) is 71.4 Å². The molecule has 21 heavy (non-hydrogen) atoms. The van der Waals surface area contributed by atoms with Crippen molar-refractivity contribution in [3.8, 4) is 0 Å². The molecule has 0 atom stereocenters. The van der Waals surface area contributed by atoms with Crippen LogP contribution in [-0.2, 0) is 11.3 Å². The third kappa shape index (κ3) is 5.18. The summed E-state index contributed by atoms with van der Waals surface area (Å²) in [6, 6.07) is 10.6.